The highest BCUT2D eigenvalue weighted by Crippen LogP contribution is 2.04. The van der Waals surface area contributed by atoms with Crippen molar-refractivity contribution in [3.05, 3.63) is 0 Å². The number of carbonyl (C=O) groups excluding carboxylic acids is 1. The van der Waals surface area contributed by atoms with Crippen LogP contribution in [0.5, 0.6) is 0 Å². The van der Waals surface area contributed by atoms with Crippen LogP contribution in [0.4, 0.5) is 0 Å². The van der Waals surface area contributed by atoms with Gasteiger partial charge in [0.15, 0.2) is 0 Å². The van der Waals surface area contributed by atoms with Crippen LogP contribution >= 0.6 is 0 Å². The monoisotopic (exact) mass is 126 g/mol. The molecule has 0 unspecified atom stereocenters. The van der Waals surface area contributed by atoms with Gasteiger partial charge < -0.3 is 5.32 Å². The second kappa shape index (κ2) is 3.38. The van der Waals surface area contributed by atoms with Crippen molar-refractivity contribution >= 4 is 6.08 Å². The van der Waals surface area contributed by atoms with Gasteiger partial charge in [-0.3, -0.25) is 0 Å². The minimum atomic E-state index is 0.240. The van der Waals surface area contributed by atoms with Crippen molar-refractivity contribution in [2.45, 2.75) is 18.9 Å². The Labute approximate surface area is 54.2 Å². The van der Waals surface area contributed by atoms with Gasteiger partial charge >= 0.3 is 0 Å². The molecule has 0 aromatic heterocycles. The first-order chi connectivity index (χ1) is 4.43. The summed E-state index contributed by atoms with van der Waals surface area (Å²) in [7, 11) is 0. The van der Waals surface area contributed by atoms with Gasteiger partial charge in [0.2, 0.25) is 6.08 Å². The van der Waals surface area contributed by atoms with Crippen LogP contribution < -0.4 is 5.32 Å². The van der Waals surface area contributed by atoms with Crippen LogP contribution in [0.25, 0.3) is 0 Å². The maximum absolute atomic E-state index is 9.76. The van der Waals surface area contributed by atoms with E-state index in [9.17, 15) is 4.79 Å². The average molecular weight is 126 g/mol. The summed E-state index contributed by atoms with van der Waals surface area (Å²) in [5.74, 6) is 0. The van der Waals surface area contributed by atoms with Crippen LogP contribution in [0.2, 0.25) is 0 Å². The Morgan fingerprint density at radius 3 is 2.67 bits per heavy atom. The van der Waals surface area contributed by atoms with E-state index in [4.69, 9.17) is 0 Å². The summed E-state index contributed by atoms with van der Waals surface area (Å²) in [6, 6.07) is 0.240. The summed E-state index contributed by atoms with van der Waals surface area (Å²) >= 11 is 0. The fourth-order valence-electron chi connectivity index (χ4n) is 1.01. The van der Waals surface area contributed by atoms with Gasteiger partial charge in [0.25, 0.3) is 0 Å². The predicted octanol–water partition coefficient (Wildman–Crippen LogP) is 0.0742. The molecule has 0 aromatic rings. The predicted molar refractivity (Wildman–Crippen MR) is 34.0 cm³/mol. The second-order valence-corrected chi connectivity index (χ2v) is 2.20. The molecule has 0 radical (unpaired) electrons. The molecule has 50 valence electrons. The minimum absolute atomic E-state index is 0.240. The Morgan fingerprint density at radius 1 is 1.44 bits per heavy atom. The largest absolute Gasteiger partial charge is 0.317 e. The van der Waals surface area contributed by atoms with Crippen LogP contribution in [0.15, 0.2) is 4.99 Å². The van der Waals surface area contributed by atoms with Gasteiger partial charge in [-0.05, 0) is 25.9 Å². The molecular weight excluding hydrogens is 116 g/mol. The van der Waals surface area contributed by atoms with Gasteiger partial charge in [-0.2, -0.15) is 0 Å². The van der Waals surface area contributed by atoms with Crippen LogP contribution in [0.1, 0.15) is 12.8 Å². The summed E-state index contributed by atoms with van der Waals surface area (Å²) in [4.78, 5) is 13.4. The van der Waals surface area contributed by atoms with E-state index in [1.807, 2.05) is 0 Å². The first-order valence-corrected chi connectivity index (χ1v) is 3.21. The van der Waals surface area contributed by atoms with E-state index in [1.165, 1.54) is 0 Å². The third-order valence-electron chi connectivity index (χ3n) is 1.54. The number of aliphatic imine (C=N–C) groups is 1. The van der Waals surface area contributed by atoms with Crippen LogP contribution in [0, 0.1) is 0 Å². The van der Waals surface area contributed by atoms with E-state index in [-0.39, 0.29) is 6.04 Å². The van der Waals surface area contributed by atoms with E-state index >= 15 is 0 Å². The second-order valence-electron chi connectivity index (χ2n) is 2.20. The molecule has 1 rings (SSSR count). The van der Waals surface area contributed by atoms with Crippen molar-refractivity contribution < 1.29 is 4.79 Å². The van der Waals surface area contributed by atoms with Gasteiger partial charge in [-0.15, -0.1) is 0 Å². The molecule has 1 heterocycles. The maximum atomic E-state index is 9.76. The lowest BCUT2D eigenvalue weighted by Crippen LogP contribution is -2.29. The molecule has 1 N–H and O–H groups in total. The number of rotatable bonds is 1. The standard InChI is InChI=1S/C6H10N2O/c9-5-8-6-1-3-7-4-2-6/h6-7H,1-4H2. The number of nitrogens with zero attached hydrogens (tertiary/aromatic N) is 1. The molecule has 0 aromatic carbocycles. The highest BCUT2D eigenvalue weighted by atomic mass is 16.1. The SMILES string of the molecule is O=C=NC1CCNCC1. The first-order valence-electron chi connectivity index (χ1n) is 3.21. The number of piperidine rings is 1. The fraction of sp³-hybridized carbons (Fsp3) is 0.833. The number of hydrogen-bond donors (Lipinski definition) is 1. The van der Waals surface area contributed by atoms with E-state index in [1.54, 1.807) is 6.08 Å². The molecule has 3 heteroatoms. The minimum Gasteiger partial charge on any atom is -0.317 e. The van der Waals surface area contributed by atoms with Crippen LogP contribution in [-0.2, 0) is 4.79 Å². The molecule has 1 aliphatic rings. The van der Waals surface area contributed by atoms with Crippen molar-refractivity contribution in [1.82, 2.24) is 5.32 Å². The summed E-state index contributed by atoms with van der Waals surface area (Å²) in [6.07, 6.45) is 3.55. The smallest absolute Gasteiger partial charge is 0.235 e. The Kier molecular flexibility index (Phi) is 2.43. The third-order valence-corrected chi connectivity index (χ3v) is 1.54. The van der Waals surface area contributed by atoms with Crippen LogP contribution in [0.3, 0.4) is 0 Å². The highest BCUT2D eigenvalue weighted by molar-refractivity contribution is 5.33. The number of hydrogen-bond acceptors (Lipinski definition) is 3. The quantitative estimate of drug-likeness (QED) is 0.399. The van der Waals surface area contributed by atoms with Crippen molar-refractivity contribution in [2.24, 2.45) is 4.99 Å². The Bertz CT molecular complexity index is 123. The Morgan fingerprint density at radius 2 is 2.11 bits per heavy atom. The number of isocyanates is 1. The van der Waals surface area contributed by atoms with Crippen molar-refractivity contribution in [3.8, 4) is 0 Å². The molecule has 3 nitrogen and oxygen atoms in total. The summed E-state index contributed by atoms with van der Waals surface area (Å²) in [6.45, 7) is 1.96. The molecule has 0 spiro atoms. The Balaban J connectivity index is 2.31. The van der Waals surface area contributed by atoms with E-state index in [2.05, 4.69) is 10.3 Å². The van der Waals surface area contributed by atoms with Crippen molar-refractivity contribution in [1.29, 1.82) is 0 Å². The van der Waals surface area contributed by atoms with Gasteiger partial charge in [-0.25, -0.2) is 9.79 Å². The highest BCUT2D eigenvalue weighted by Gasteiger charge is 2.09. The van der Waals surface area contributed by atoms with Gasteiger partial charge in [0, 0.05) is 0 Å². The lowest BCUT2D eigenvalue weighted by Gasteiger charge is -2.16. The molecule has 9 heavy (non-hydrogen) atoms. The van der Waals surface area contributed by atoms with Gasteiger partial charge in [0.1, 0.15) is 0 Å². The first kappa shape index (κ1) is 6.46. The molecule has 1 saturated heterocycles. The van der Waals surface area contributed by atoms with Crippen molar-refractivity contribution in [2.75, 3.05) is 13.1 Å². The Hall–Kier alpha value is -0.660. The lowest BCUT2D eigenvalue weighted by atomic mass is 10.1. The van der Waals surface area contributed by atoms with Gasteiger partial charge in [0.05, 0.1) is 6.04 Å². The molecule has 1 aliphatic heterocycles. The summed E-state index contributed by atoms with van der Waals surface area (Å²) < 4.78 is 0. The summed E-state index contributed by atoms with van der Waals surface area (Å²) in [5, 5.41) is 3.18. The third kappa shape index (κ3) is 1.96. The zero-order chi connectivity index (χ0) is 6.53. The van der Waals surface area contributed by atoms with Crippen LogP contribution in [-0.4, -0.2) is 25.2 Å². The molecule has 1 fully saturated rings. The fourth-order valence-corrected chi connectivity index (χ4v) is 1.01. The topological polar surface area (TPSA) is 41.5 Å². The molecule has 0 saturated carbocycles. The molecule has 0 bridgehead atoms. The van der Waals surface area contributed by atoms with Crippen molar-refractivity contribution in [3.63, 3.8) is 0 Å². The normalized spacial score (nSPS) is 20.9. The van der Waals surface area contributed by atoms with E-state index < -0.39 is 0 Å². The summed E-state index contributed by atoms with van der Waals surface area (Å²) in [5.41, 5.74) is 0. The van der Waals surface area contributed by atoms with E-state index in [0.29, 0.717) is 0 Å². The zero-order valence-electron chi connectivity index (χ0n) is 5.26. The molecule has 0 amide bonds. The van der Waals surface area contributed by atoms with E-state index in [0.717, 1.165) is 25.9 Å². The van der Waals surface area contributed by atoms with Gasteiger partial charge in [-0.1, -0.05) is 0 Å². The average Bonchev–Trinajstić information content (AvgIpc) is 1.91. The maximum Gasteiger partial charge on any atom is 0.235 e. The molecule has 0 atom stereocenters. The zero-order valence-corrected chi connectivity index (χ0v) is 5.26. The molecular formula is C6H10N2O. The molecule has 0 aliphatic carbocycles. The lowest BCUT2D eigenvalue weighted by molar-refractivity contribution is 0.455. The number of nitrogens with one attached hydrogen (secondary N) is 1.